The van der Waals surface area contributed by atoms with Crippen LogP contribution in [-0.2, 0) is 13.5 Å². The lowest BCUT2D eigenvalue weighted by Crippen LogP contribution is -2.04. The van der Waals surface area contributed by atoms with Crippen molar-refractivity contribution in [2.24, 2.45) is 7.05 Å². The molecule has 0 amide bonds. The van der Waals surface area contributed by atoms with Gasteiger partial charge in [-0.15, -0.1) is 11.3 Å². The molecule has 0 bridgehead atoms. The van der Waals surface area contributed by atoms with Gasteiger partial charge in [-0.05, 0) is 13.0 Å². The average molecular weight is 221 g/mol. The fraction of sp³-hybridized carbons (Fsp3) is 0.300. The molecule has 0 fully saturated rings. The number of aromatic nitrogens is 3. The normalized spacial score (nSPS) is 10.5. The molecule has 78 valence electrons. The fourth-order valence-corrected chi connectivity index (χ4v) is 1.87. The molecule has 2 aromatic heterocycles. The summed E-state index contributed by atoms with van der Waals surface area (Å²) >= 11 is 1.49. The predicted molar refractivity (Wildman–Crippen MR) is 58.1 cm³/mol. The zero-order chi connectivity index (χ0) is 10.8. The average Bonchev–Trinajstić information content (AvgIpc) is 2.78. The Labute approximate surface area is 91.6 Å². The lowest BCUT2D eigenvalue weighted by Gasteiger charge is -1.92. The molecule has 0 atom stereocenters. The van der Waals surface area contributed by atoms with E-state index in [4.69, 9.17) is 0 Å². The Kier molecular flexibility index (Phi) is 2.64. The Morgan fingerprint density at radius 2 is 2.40 bits per heavy atom. The van der Waals surface area contributed by atoms with Crippen LogP contribution in [-0.4, -0.2) is 20.5 Å². The van der Waals surface area contributed by atoms with Crippen LogP contribution in [0.15, 0.2) is 17.8 Å². The van der Waals surface area contributed by atoms with Crippen LogP contribution in [0.25, 0.3) is 0 Å². The molecule has 0 radical (unpaired) electrons. The Bertz CT molecular complexity index is 453. The quantitative estimate of drug-likeness (QED) is 0.740. The minimum Gasteiger partial charge on any atom is -0.292 e. The second kappa shape index (κ2) is 3.94. The molecule has 0 unspecified atom stereocenters. The van der Waals surface area contributed by atoms with Gasteiger partial charge in [-0.2, -0.15) is 5.10 Å². The maximum absolute atomic E-state index is 11.8. The molecule has 2 aromatic rings. The van der Waals surface area contributed by atoms with Crippen molar-refractivity contribution in [1.82, 2.24) is 14.8 Å². The molecule has 5 heteroatoms. The molecule has 2 heterocycles. The highest BCUT2D eigenvalue weighted by atomic mass is 32.1. The van der Waals surface area contributed by atoms with Crippen LogP contribution in [0.5, 0.6) is 0 Å². The minimum absolute atomic E-state index is 0.0444. The molecule has 2 rings (SSSR count). The van der Waals surface area contributed by atoms with Gasteiger partial charge in [-0.3, -0.25) is 14.5 Å². The number of hydrogen-bond acceptors (Lipinski definition) is 4. The largest absolute Gasteiger partial charge is 0.292 e. The Balaban J connectivity index is 2.15. The first-order valence-electron chi connectivity index (χ1n) is 4.58. The Morgan fingerprint density at radius 1 is 1.60 bits per heavy atom. The van der Waals surface area contributed by atoms with Gasteiger partial charge < -0.3 is 0 Å². The summed E-state index contributed by atoms with van der Waals surface area (Å²) in [6.07, 6.45) is 2.11. The summed E-state index contributed by atoms with van der Waals surface area (Å²) in [5.41, 5.74) is 3.25. The van der Waals surface area contributed by atoms with Gasteiger partial charge in [0.1, 0.15) is 5.69 Å². The summed E-state index contributed by atoms with van der Waals surface area (Å²) < 4.78 is 1.71. The molecule has 0 aliphatic carbocycles. The van der Waals surface area contributed by atoms with Crippen molar-refractivity contribution in [1.29, 1.82) is 0 Å². The van der Waals surface area contributed by atoms with E-state index in [0.717, 1.165) is 10.6 Å². The zero-order valence-electron chi connectivity index (χ0n) is 8.60. The van der Waals surface area contributed by atoms with Crippen LogP contribution < -0.4 is 0 Å². The standard InChI is InChI=1S/C10H11N3OS/c1-7-3-9(12-13(7)2)10(14)4-8-5-11-6-15-8/h3,5-6H,4H2,1-2H3. The number of aryl methyl sites for hydroxylation is 2. The number of rotatable bonds is 3. The maximum atomic E-state index is 11.8. The third kappa shape index (κ3) is 2.12. The third-order valence-electron chi connectivity index (χ3n) is 2.22. The molecule has 0 saturated carbocycles. The Hall–Kier alpha value is -1.49. The summed E-state index contributed by atoms with van der Waals surface area (Å²) in [7, 11) is 1.83. The van der Waals surface area contributed by atoms with Crippen molar-refractivity contribution in [3.8, 4) is 0 Å². The first kappa shape index (κ1) is 10.0. The Morgan fingerprint density at radius 3 is 2.93 bits per heavy atom. The van der Waals surface area contributed by atoms with Crippen molar-refractivity contribution in [3.05, 3.63) is 34.0 Å². The highest BCUT2D eigenvalue weighted by molar-refractivity contribution is 7.09. The molecule has 4 nitrogen and oxygen atoms in total. The lowest BCUT2D eigenvalue weighted by atomic mass is 10.2. The molecule has 0 saturated heterocycles. The van der Waals surface area contributed by atoms with Crippen LogP contribution in [0.2, 0.25) is 0 Å². The number of carbonyl (C=O) groups excluding carboxylic acids is 1. The molecular formula is C10H11N3OS. The molecule has 0 aromatic carbocycles. The van der Waals surface area contributed by atoms with E-state index < -0.39 is 0 Å². The topological polar surface area (TPSA) is 47.8 Å². The molecule has 0 aliphatic heterocycles. The highest BCUT2D eigenvalue weighted by Gasteiger charge is 2.12. The smallest absolute Gasteiger partial charge is 0.188 e. The van der Waals surface area contributed by atoms with Crippen molar-refractivity contribution in [2.75, 3.05) is 0 Å². The van der Waals surface area contributed by atoms with Crippen LogP contribution in [0, 0.1) is 6.92 Å². The monoisotopic (exact) mass is 221 g/mol. The number of ketones is 1. The van der Waals surface area contributed by atoms with Gasteiger partial charge in [-0.1, -0.05) is 0 Å². The molecule has 0 spiro atoms. The van der Waals surface area contributed by atoms with Crippen LogP contribution in [0.1, 0.15) is 21.1 Å². The first-order valence-corrected chi connectivity index (χ1v) is 5.46. The molecule has 0 N–H and O–H groups in total. The predicted octanol–water partition coefficient (Wildman–Crippen LogP) is 1.61. The SMILES string of the molecule is Cc1cc(C(=O)Cc2cncs2)nn1C. The van der Waals surface area contributed by atoms with Gasteiger partial charge in [0.25, 0.3) is 0 Å². The van der Waals surface area contributed by atoms with E-state index in [-0.39, 0.29) is 5.78 Å². The lowest BCUT2D eigenvalue weighted by molar-refractivity contribution is 0.0988. The molecular weight excluding hydrogens is 210 g/mol. The zero-order valence-corrected chi connectivity index (χ0v) is 9.41. The van der Waals surface area contributed by atoms with Crippen molar-refractivity contribution >= 4 is 17.1 Å². The number of carbonyl (C=O) groups is 1. The molecule has 15 heavy (non-hydrogen) atoms. The third-order valence-corrected chi connectivity index (χ3v) is 3.00. The van der Waals surface area contributed by atoms with E-state index in [1.807, 2.05) is 20.0 Å². The van der Waals surface area contributed by atoms with Crippen molar-refractivity contribution in [2.45, 2.75) is 13.3 Å². The number of nitrogens with zero attached hydrogens (tertiary/aromatic N) is 3. The van der Waals surface area contributed by atoms with Crippen LogP contribution in [0.4, 0.5) is 0 Å². The van der Waals surface area contributed by atoms with Crippen LogP contribution in [0.3, 0.4) is 0 Å². The second-order valence-corrected chi connectivity index (χ2v) is 4.33. The first-order chi connectivity index (χ1) is 7.16. The summed E-state index contributed by atoms with van der Waals surface area (Å²) in [5.74, 6) is 0.0444. The second-order valence-electron chi connectivity index (χ2n) is 3.36. The van der Waals surface area contributed by atoms with Crippen molar-refractivity contribution in [3.63, 3.8) is 0 Å². The van der Waals surface area contributed by atoms with Gasteiger partial charge in [0, 0.05) is 30.2 Å². The van der Waals surface area contributed by atoms with Gasteiger partial charge in [-0.25, -0.2) is 0 Å². The van der Waals surface area contributed by atoms with Gasteiger partial charge in [0.05, 0.1) is 5.51 Å². The minimum atomic E-state index is 0.0444. The van der Waals surface area contributed by atoms with Gasteiger partial charge in [0.2, 0.25) is 0 Å². The van der Waals surface area contributed by atoms with Crippen molar-refractivity contribution < 1.29 is 4.79 Å². The van der Waals surface area contributed by atoms with E-state index in [1.54, 1.807) is 16.4 Å². The number of Topliss-reactive ketones (excluding diaryl/α,β-unsaturated/α-hetero) is 1. The highest BCUT2D eigenvalue weighted by Crippen LogP contribution is 2.10. The van der Waals surface area contributed by atoms with Gasteiger partial charge in [0.15, 0.2) is 5.78 Å². The molecule has 0 aliphatic rings. The summed E-state index contributed by atoms with van der Waals surface area (Å²) in [5, 5.41) is 4.14. The summed E-state index contributed by atoms with van der Waals surface area (Å²) in [6.45, 7) is 1.93. The van der Waals surface area contributed by atoms with Crippen LogP contribution >= 0.6 is 11.3 Å². The van der Waals surface area contributed by atoms with E-state index in [1.165, 1.54) is 11.3 Å². The van der Waals surface area contributed by atoms with E-state index in [9.17, 15) is 4.79 Å². The number of hydrogen-bond donors (Lipinski definition) is 0. The fourth-order valence-electron chi connectivity index (χ4n) is 1.28. The van der Waals surface area contributed by atoms with E-state index >= 15 is 0 Å². The summed E-state index contributed by atoms with van der Waals surface area (Å²) in [4.78, 5) is 16.7. The van der Waals surface area contributed by atoms with E-state index in [2.05, 4.69) is 10.1 Å². The van der Waals surface area contributed by atoms with Gasteiger partial charge >= 0.3 is 0 Å². The summed E-state index contributed by atoms with van der Waals surface area (Å²) in [6, 6.07) is 1.81. The van der Waals surface area contributed by atoms with E-state index in [0.29, 0.717) is 12.1 Å². The number of thiazole rings is 1. The maximum Gasteiger partial charge on any atom is 0.188 e.